The van der Waals surface area contributed by atoms with Gasteiger partial charge in [0, 0.05) is 19.3 Å². The Balaban J connectivity index is 2.17. The van der Waals surface area contributed by atoms with Gasteiger partial charge in [0.25, 0.3) is 0 Å². The predicted molar refractivity (Wildman–Crippen MR) is 74.5 cm³/mol. The van der Waals surface area contributed by atoms with Crippen LogP contribution in [0.2, 0.25) is 0 Å². The summed E-state index contributed by atoms with van der Waals surface area (Å²) in [5.74, 6) is -1.49. The predicted octanol–water partition coefficient (Wildman–Crippen LogP) is 0.972. The van der Waals surface area contributed by atoms with Crippen LogP contribution >= 0.6 is 0 Å². The molecule has 1 aliphatic rings. The summed E-state index contributed by atoms with van der Waals surface area (Å²) in [6.45, 7) is 0.330. The number of carbonyl (C=O) groups is 3. The molecule has 0 spiro atoms. The minimum atomic E-state index is -0.995. The number of hydrogen-bond donors (Lipinski definition) is 1. The highest BCUT2D eigenvalue weighted by molar-refractivity contribution is 5.97. The molecule has 1 aliphatic heterocycles. The standard InChI is InChI=1S/C14H16N2O5/c1-15(8-12(17)21-2)14(20)16-6-5-9-7-10(13(18)19)3-4-11(9)16/h3-4,7H,5-6,8H2,1-2H3,(H,18,19). The number of methoxy groups -OCH3 is 1. The van der Waals surface area contributed by atoms with E-state index in [0.29, 0.717) is 18.7 Å². The van der Waals surface area contributed by atoms with Crippen LogP contribution < -0.4 is 4.90 Å². The van der Waals surface area contributed by atoms with E-state index in [0.717, 1.165) is 5.56 Å². The van der Waals surface area contributed by atoms with Crippen molar-refractivity contribution in [3.8, 4) is 0 Å². The third kappa shape index (κ3) is 2.96. The maximum absolute atomic E-state index is 12.3. The third-order valence-corrected chi connectivity index (χ3v) is 3.37. The van der Waals surface area contributed by atoms with E-state index in [2.05, 4.69) is 4.74 Å². The second-order valence-electron chi connectivity index (χ2n) is 4.77. The Morgan fingerprint density at radius 3 is 2.71 bits per heavy atom. The van der Waals surface area contributed by atoms with Gasteiger partial charge in [-0.2, -0.15) is 0 Å². The number of carboxylic acids is 1. The zero-order valence-corrected chi connectivity index (χ0v) is 11.8. The van der Waals surface area contributed by atoms with E-state index >= 15 is 0 Å². The highest BCUT2D eigenvalue weighted by atomic mass is 16.5. The molecular weight excluding hydrogens is 276 g/mol. The van der Waals surface area contributed by atoms with Crippen molar-refractivity contribution in [1.82, 2.24) is 4.90 Å². The van der Waals surface area contributed by atoms with Gasteiger partial charge in [0.15, 0.2) is 0 Å². The summed E-state index contributed by atoms with van der Waals surface area (Å²) >= 11 is 0. The Morgan fingerprint density at radius 2 is 2.10 bits per heavy atom. The molecule has 0 aliphatic carbocycles. The van der Waals surface area contributed by atoms with Gasteiger partial charge in [-0.25, -0.2) is 9.59 Å². The fourth-order valence-electron chi connectivity index (χ4n) is 2.27. The van der Waals surface area contributed by atoms with Crippen molar-refractivity contribution in [3.63, 3.8) is 0 Å². The summed E-state index contributed by atoms with van der Waals surface area (Å²) in [6, 6.07) is 4.34. The molecule has 0 radical (unpaired) electrons. The average molecular weight is 292 g/mol. The first-order valence-electron chi connectivity index (χ1n) is 6.39. The summed E-state index contributed by atoms with van der Waals surface area (Å²) in [6.07, 6.45) is 0.592. The van der Waals surface area contributed by atoms with E-state index in [4.69, 9.17) is 5.11 Å². The summed E-state index contributed by atoms with van der Waals surface area (Å²) in [5, 5.41) is 8.97. The molecule has 21 heavy (non-hydrogen) atoms. The third-order valence-electron chi connectivity index (χ3n) is 3.37. The van der Waals surface area contributed by atoms with E-state index in [1.165, 1.54) is 30.0 Å². The number of carbonyl (C=O) groups excluding carboxylic acids is 2. The number of aromatic carboxylic acids is 1. The quantitative estimate of drug-likeness (QED) is 0.839. The monoisotopic (exact) mass is 292 g/mol. The molecule has 1 aromatic rings. The molecule has 0 atom stereocenters. The maximum Gasteiger partial charge on any atom is 0.335 e. The molecule has 1 N–H and O–H groups in total. The minimum absolute atomic E-state index is 0.131. The largest absolute Gasteiger partial charge is 0.478 e. The molecule has 0 bridgehead atoms. The second kappa shape index (κ2) is 5.82. The molecule has 112 valence electrons. The van der Waals surface area contributed by atoms with Crippen LogP contribution in [0.3, 0.4) is 0 Å². The van der Waals surface area contributed by atoms with Crippen LogP contribution in [0.15, 0.2) is 18.2 Å². The summed E-state index contributed by atoms with van der Waals surface area (Å²) in [5.41, 5.74) is 1.70. The van der Waals surface area contributed by atoms with Gasteiger partial charge in [0.05, 0.1) is 12.7 Å². The number of fused-ring (bicyclic) bond motifs is 1. The second-order valence-corrected chi connectivity index (χ2v) is 4.77. The number of rotatable bonds is 3. The fraction of sp³-hybridized carbons (Fsp3) is 0.357. The number of ether oxygens (including phenoxy) is 1. The number of anilines is 1. The van der Waals surface area contributed by atoms with Gasteiger partial charge in [-0.15, -0.1) is 0 Å². The zero-order chi connectivity index (χ0) is 15.6. The fourth-order valence-corrected chi connectivity index (χ4v) is 2.27. The Hall–Kier alpha value is -2.57. The number of hydrogen-bond acceptors (Lipinski definition) is 4. The molecule has 7 nitrogen and oxygen atoms in total. The van der Waals surface area contributed by atoms with Crippen LogP contribution in [0.5, 0.6) is 0 Å². The van der Waals surface area contributed by atoms with Crippen molar-refractivity contribution in [3.05, 3.63) is 29.3 Å². The normalized spacial score (nSPS) is 12.8. The molecule has 0 aromatic heterocycles. The topological polar surface area (TPSA) is 87.2 Å². The van der Waals surface area contributed by atoms with Crippen molar-refractivity contribution >= 4 is 23.7 Å². The van der Waals surface area contributed by atoms with Crippen LogP contribution in [0.1, 0.15) is 15.9 Å². The molecule has 2 rings (SSSR count). The lowest BCUT2D eigenvalue weighted by molar-refractivity contribution is -0.140. The first-order valence-corrected chi connectivity index (χ1v) is 6.39. The Labute approximate surface area is 121 Å². The molecule has 2 amide bonds. The molecule has 0 saturated heterocycles. The molecule has 1 aromatic carbocycles. The number of benzene rings is 1. The highest BCUT2D eigenvalue weighted by Gasteiger charge is 2.28. The van der Waals surface area contributed by atoms with Crippen molar-refractivity contribution in [2.45, 2.75) is 6.42 Å². The molecule has 0 fully saturated rings. The molecular formula is C14H16N2O5. The van der Waals surface area contributed by atoms with Crippen LogP contribution in [-0.2, 0) is 16.0 Å². The van der Waals surface area contributed by atoms with E-state index in [9.17, 15) is 14.4 Å². The van der Waals surface area contributed by atoms with Gasteiger partial charge in [-0.1, -0.05) is 0 Å². The molecule has 0 unspecified atom stereocenters. The van der Waals surface area contributed by atoms with Gasteiger partial charge in [0.1, 0.15) is 6.54 Å². The Bertz CT molecular complexity index is 599. The smallest absolute Gasteiger partial charge is 0.335 e. The number of amides is 2. The van der Waals surface area contributed by atoms with Gasteiger partial charge < -0.3 is 14.7 Å². The molecule has 1 heterocycles. The van der Waals surface area contributed by atoms with Crippen molar-refractivity contribution in [2.75, 3.05) is 32.1 Å². The van der Waals surface area contributed by atoms with Gasteiger partial charge in [-0.05, 0) is 30.2 Å². The van der Waals surface area contributed by atoms with Gasteiger partial charge in [0.2, 0.25) is 0 Å². The van der Waals surface area contributed by atoms with Crippen molar-refractivity contribution in [2.24, 2.45) is 0 Å². The van der Waals surface area contributed by atoms with Crippen LogP contribution in [0.25, 0.3) is 0 Å². The van der Waals surface area contributed by atoms with E-state index in [-0.39, 0.29) is 18.1 Å². The van der Waals surface area contributed by atoms with E-state index in [1.54, 1.807) is 12.1 Å². The first-order chi connectivity index (χ1) is 9.93. The van der Waals surface area contributed by atoms with Gasteiger partial charge >= 0.3 is 18.0 Å². The lowest BCUT2D eigenvalue weighted by Crippen LogP contribution is -2.42. The number of esters is 1. The SMILES string of the molecule is COC(=O)CN(C)C(=O)N1CCc2cc(C(=O)O)ccc21. The molecule has 0 saturated carbocycles. The lowest BCUT2D eigenvalue weighted by Gasteiger charge is -2.24. The van der Waals surface area contributed by atoms with Crippen molar-refractivity contribution in [1.29, 1.82) is 0 Å². The number of nitrogens with zero attached hydrogens (tertiary/aromatic N) is 2. The summed E-state index contributed by atoms with van der Waals surface area (Å²) in [7, 11) is 2.78. The van der Waals surface area contributed by atoms with E-state index in [1.807, 2.05) is 0 Å². The minimum Gasteiger partial charge on any atom is -0.478 e. The van der Waals surface area contributed by atoms with Crippen LogP contribution in [-0.4, -0.2) is 55.2 Å². The lowest BCUT2D eigenvalue weighted by atomic mass is 10.1. The van der Waals surface area contributed by atoms with Crippen LogP contribution in [0, 0.1) is 0 Å². The number of carboxylic acid groups (broad SMARTS) is 1. The Kier molecular flexibility index (Phi) is 4.11. The first kappa shape index (κ1) is 14.8. The van der Waals surface area contributed by atoms with E-state index < -0.39 is 11.9 Å². The average Bonchev–Trinajstić information content (AvgIpc) is 2.88. The zero-order valence-electron chi connectivity index (χ0n) is 11.8. The number of likely N-dealkylation sites (N-methyl/N-ethyl adjacent to an activating group) is 1. The molecule has 7 heteroatoms. The van der Waals surface area contributed by atoms with Crippen molar-refractivity contribution < 1.29 is 24.2 Å². The highest BCUT2D eigenvalue weighted by Crippen LogP contribution is 2.29. The maximum atomic E-state index is 12.3. The van der Waals surface area contributed by atoms with Crippen LogP contribution in [0.4, 0.5) is 10.5 Å². The van der Waals surface area contributed by atoms with Gasteiger partial charge in [-0.3, -0.25) is 9.69 Å². The summed E-state index contributed by atoms with van der Waals surface area (Å²) in [4.78, 5) is 37.3. The number of urea groups is 1. The Morgan fingerprint density at radius 1 is 1.38 bits per heavy atom. The summed E-state index contributed by atoms with van der Waals surface area (Å²) < 4.78 is 4.53.